The molecule has 1 rings (SSSR count). The molecule has 70 valence electrons. The number of rotatable bonds is 5. The van der Waals surface area contributed by atoms with Gasteiger partial charge in [0.05, 0.1) is 6.07 Å². The van der Waals surface area contributed by atoms with Crippen molar-refractivity contribution in [3.63, 3.8) is 0 Å². The maximum Gasteiger partial charge on any atom is 0.111 e. The van der Waals surface area contributed by atoms with Crippen molar-refractivity contribution in [3.8, 4) is 6.07 Å². The molecule has 14 heavy (non-hydrogen) atoms. The Labute approximate surface area is 87.9 Å². The monoisotopic (exact) mass is 199 g/mol. The first-order chi connectivity index (χ1) is 6.93. The molecular weight excluding hydrogens is 186 g/mol. The fourth-order valence-electron chi connectivity index (χ4n) is 1.07. The van der Waals surface area contributed by atoms with E-state index in [4.69, 9.17) is 5.26 Å². The predicted octanol–water partition coefficient (Wildman–Crippen LogP) is 2.22. The SMILES string of the molecule is N#CCCC/C=C/[Si]c1ccccc1. The third kappa shape index (κ3) is 4.63. The fourth-order valence-corrected chi connectivity index (χ4v) is 1.93. The van der Waals surface area contributed by atoms with Crippen molar-refractivity contribution in [3.05, 3.63) is 42.1 Å². The van der Waals surface area contributed by atoms with Gasteiger partial charge < -0.3 is 0 Å². The molecule has 2 radical (unpaired) electrons. The fraction of sp³-hybridized carbons (Fsp3) is 0.250. The number of benzene rings is 1. The third-order valence-corrected chi connectivity index (χ3v) is 2.87. The van der Waals surface area contributed by atoms with Gasteiger partial charge in [0.1, 0.15) is 9.52 Å². The average molecular weight is 199 g/mol. The first-order valence-electron chi connectivity index (χ1n) is 4.77. The second-order valence-corrected chi connectivity index (χ2v) is 4.16. The summed E-state index contributed by atoms with van der Waals surface area (Å²) in [6, 6.07) is 12.6. The summed E-state index contributed by atoms with van der Waals surface area (Å²) in [5.41, 5.74) is 2.20. The van der Waals surface area contributed by atoms with E-state index >= 15 is 0 Å². The molecule has 0 heterocycles. The first-order valence-corrected chi connectivity index (χ1v) is 5.85. The summed E-state index contributed by atoms with van der Waals surface area (Å²) in [5, 5.41) is 9.69. The maximum absolute atomic E-state index is 8.33. The van der Waals surface area contributed by atoms with Crippen LogP contribution in [0, 0.1) is 11.3 Å². The van der Waals surface area contributed by atoms with Gasteiger partial charge in [-0.2, -0.15) is 5.26 Å². The van der Waals surface area contributed by atoms with Crippen LogP contribution in [0.4, 0.5) is 0 Å². The van der Waals surface area contributed by atoms with E-state index in [0.29, 0.717) is 6.42 Å². The zero-order valence-electron chi connectivity index (χ0n) is 8.11. The van der Waals surface area contributed by atoms with Crippen LogP contribution >= 0.6 is 0 Å². The molecule has 1 aromatic carbocycles. The van der Waals surface area contributed by atoms with E-state index in [9.17, 15) is 0 Å². The van der Waals surface area contributed by atoms with Gasteiger partial charge in [-0.05, 0) is 12.8 Å². The molecule has 2 heteroatoms. The average Bonchev–Trinajstić information content (AvgIpc) is 2.25. The van der Waals surface area contributed by atoms with E-state index in [2.05, 4.69) is 42.1 Å². The Morgan fingerprint density at radius 1 is 1.29 bits per heavy atom. The number of nitriles is 1. The van der Waals surface area contributed by atoms with Gasteiger partial charge in [0.2, 0.25) is 0 Å². The van der Waals surface area contributed by atoms with E-state index in [0.717, 1.165) is 22.4 Å². The zero-order valence-corrected chi connectivity index (χ0v) is 9.11. The van der Waals surface area contributed by atoms with Crippen LogP contribution in [0.15, 0.2) is 42.1 Å². The molecule has 0 saturated carbocycles. The van der Waals surface area contributed by atoms with E-state index in [1.54, 1.807) is 0 Å². The lowest BCUT2D eigenvalue weighted by Gasteiger charge is -1.92. The molecule has 0 spiro atoms. The minimum atomic E-state index is 0.665. The molecule has 0 aliphatic rings. The minimum absolute atomic E-state index is 0.665. The largest absolute Gasteiger partial charge is 0.198 e. The lowest BCUT2D eigenvalue weighted by molar-refractivity contribution is 0.877. The first kappa shape index (κ1) is 10.7. The van der Waals surface area contributed by atoms with Gasteiger partial charge in [0.15, 0.2) is 0 Å². The highest BCUT2D eigenvalue weighted by Gasteiger charge is 1.87. The maximum atomic E-state index is 8.33. The summed E-state index contributed by atoms with van der Waals surface area (Å²) in [6.45, 7) is 0. The Kier molecular flexibility index (Phi) is 5.46. The van der Waals surface area contributed by atoms with Crippen LogP contribution < -0.4 is 5.19 Å². The van der Waals surface area contributed by atoms with Crippen LogP contribution in [0.3, 0.4) is 0 Å². The lowest BCUT2D eigenvalue weighted by atomic mass is 10.2. The highest BCUT2D eigenvalue weighted by molar-refractivity contribution is 6.58. The molecular formula is C12H13NSi. The number of hydrogen-bond donors (Lipinski definition) is 0. The highest BCUT2D eigenvalue weighted by Crippen LogP contribution is 1.94. The van der Waals surface area contributed by atoms with Crippen molar-refractivity contribution >= 4 is 14.7 Å². The number of hydrogen-bond acceptors (Lipinski definition) is 1. The minimum Gasteiger partial charge on any atom is -0.198 e. The normalized spacial score (nSPS) is 10.2. The zero-order chi connectivity index (χ0) is 10.1. The molecule has 0 N–H and O–H groups in total. The van der Waals surface area contributed by atoms with Crippen LogP contribution in [0.1, 0.15) is 19.3 Å². The number of unbranched alkanes of at least 4 members (excludes halogenated alkanes) is 2. The molecule has 0 aliphatic carbocycles. The van der Waals surface area contributed by atoms with Gasteiger partial charge in [0, 0.05) is 6.42 Å². The van der Waals surface area contributed by atoms with Crippen LogP contribution in [-0.2, 0) is 0 Å². The number of allylic oxidation sites excluding steroid dienone is 1. The molecule has 0 atom stereocenters. The Hall–Kier alpha value is -1.33. The van der Waals surface area contributed by atoms with Crippen molar-refractivity contribution in [2.75, 3.05) is 0 Å². The second kappa shape index (κ2) is 7.11. The summed E-state index contributed by atoms with van der Waals surface area (Å²) in [4.78, 5) is 0. The van der Waals surface area contributed by atoms with E-state index in [-0.39, 0.29) is 0 Å². The topological polar surface area (TPSA) is 23.8 Å². The Morgan fingerprint density at radius 3 is 2.79 bits per heavy atom. The Morgan fingerprint density at radius 2 is 2.07 bits per heavy atom. The van der Waals surface area contributed by atoms with E-state index in [1.165, 1.54) is 5.19 Å². The summed E-state index contributed by atoms with van der Waals surface area (Å²) in [6.07, 6.45) is 4.83. The summed E-state index contributed by atoms with van der Waals surface area (Å²) in [7, 11) is 0.753. The van der Waals surface area contributed by atoms with Gasteiger partial charge in [-0.3, -0.25) is 0 Å². The lowest BCUT2D eigenvalue weighted by Crippen LogP contribution is -2.10. The Bertz CT molecular complexity index is 311. The van der Waals surface area contributed by atoms with Crippen molar-refractivity contribution in [1.82, 2.24) is 0 Å². The molecule has 0 bridgehead atoms. The van der Waals surface area contributed by atoms with Crippen molar-refractivity contribution < 1.29 is 0 Å². The Balaban J connectivity index is 2.18. The van der Waals surface area contributed by atoms with Crippen molar-refractivity contribution in [2.24, 2.45) is 0 Å². The smallest absolute Gasteiger partial charge is 0.111 e. The van der Waals surface area contributed by atoms with Crippen molar-refractivity contribution in [2.45, 2.75) is 19.3 Å². The van der Waals surface area contributed by atoms with Crippen LogP contribution in [0.2, 0.25) is 0 Å². The van der Waals surface area contributed by atoms with Crippen LogP contribution in [0.5, 0.6) is 0 Å². The second-order valence-electron chi connectivity index (χ2n) is 2.96. The van der Waals surface area contributed by atoms with Gasteiger partial charge in [-0.15, -0.1) is 0 Å². The number of nitrogens with zero attached hydrogens (tertiary/aromatic N) is 1. The molecule has 0 unspecified atom stereocenters. The van der Waals surface area contributed by atoms with Gasteiger partial charge in [-0.25, -0.2) is 0 Å². The molecule has 0 saturated heterocycles. The van der Waals surface area contributed by atoms with Crippen molar-refractivity contribution in [1.29, 1.82) is 5.26 Å². The molecule has 0 aliphatic heterocycles. The predicted molar refractivity (Wildman–Crippen MR) is 60.4 cm³/mol. The quantitative estimate of drug-likeness (QED) is 0.527. The van der Waals surface area contributed by atoms with Gasteiger partial charge in [0.25, 0.3) is 0 Å². The third-order valence-electron chi connectivity index (χ3n) is 1.80. The molecule has 0 aromatic heterocycles. The molecule has 0 amide bonds. The molecule has 1 nitrogen and oxygen atoms in total. The van der Waals surface area contributed by atoms with Gasteiger partial charge >= 0.3 is 0 Å². The standard InChI is InChI=1S/C12H13NSi/c13-10-6-1-2-7-11-14-12-8-4-3-5-9-12/h3-5,7-9,11H,1-2,6H2/b11-7+. The van der Waals surface area contributed by atoms with Gasteiger partial charge in [-0.1, -0.05) is 47.3 Å². The summed E-state index contributed by atoms with van der Waals surface area (Å²) >= 11 is 0. The summed E-state index contributed by atoms with van der Waals surface area (Å²) in [5.74, 6) is 0. The van der Waals surface area contributed by atoms with E-state index in [1.807, 2.05) is 6.07 Å². The summed E-state index contributed by atoms with van der Waals surface area (Å²) < 4.78 is 0. The highest BCUT2D eigenvalue weighted by atomic mass is 28.2. The molecule has 1 aromatic rings. The van der Waals surface area contributed by atoms with E-state index < -0.39 is 0 Å². The van der Waals surface area contributed by atoms with Crippen LogP contribution in [0.25, 0.3) is 0 Å². The molecule has 0 fully saturated rings. The van der Waals surface area contributed by atoms with Crippen LogP contribution in [-0.4, -0.2) is 9.52 Å².